The predicted octanol–water partition coefficient (Wildman–Crippen LogP) is 1.69. The van der Waals surface area contributed by atoms with E-state index in [1.54, 1.807) is 13.0 Å². The van der Waals surface area contributed by atoms with E-state index in [0.29, 0.717) is 38.3 Å². The van der Waals surface area contributed by atoms with Crippen molar-refractivity contribution in [2.24, 2.45) is 0 Å². The molecule has 7 nitrogen and oxygen atoms in total. The van der Waals surface area contributed by atoms with Gasteiger partial charge < -0.3 is 19.9 Å². The van der Waals surface area contributed by atoms with Crippen LogP contribution in [0.25, 0.3) is 0 Å². The zero-order chi connectivity index (χ0) is 17.2. The van der Waals surface area contributed by atoms with Gasteiger partial charge in [-0.1, -0.05) is 23.4 Å². The number of rotatable bonds is 9. The van der Waals surface area contributed by atoms with Gasteiger partial charge in [0.2, 0.25) is 5.91 Å². The van der Waals surface area contributed by atoms with Crippen LogP contribution < -0.4 is 15.4 Å². The van der Waals surface area contributed by atoms with Gasteiger partial charge in [0.1, 0.15) is 11.5 Å². The van der Waals surface area contributed by atoms with Crippen molar-refractivity contribution in [1.82, 2.24) is 15.8 Å². The highest BCUT2D eigenvalue weighted by Gasteiger charge is 2.09. The van der Waals surface area contributed by atoms with Crippen molar-refractivity contribution in [3.63, 3.8) is 0 Å². The molecule has 1 aromatic heterocycles. The molecular formula is C17H21N3O4. The number of nitrogens with zero attached hydrogens (tertiary/aromatic N) is 1. The minimum absolute atomic E-state index is 0.0711. The van der Waals surface area contributed by atoms with Crippen molar-refractivity contribution in [3.8, 4) is 5.75 Å². The molecule has 2 aromatic rings. The number of para-hydroxylation sites is 1. The molecule has 0 saturated heterocycles. The van der Waals surface area contributed by atoms with Crippen LogP contribution in [0.15, 0.2) is 40.9 Å². The second kappa shape index (κ2) is 9.34. The van der Waals surface area contributed by atoms with Crippen LogP contribution in [0.2, 0.25) is 0 Å². The topological polar surface area (TPSA) is 93.5 Å². The third-order valence-electron chi connectivity index (χ3n) is 3.15. The number of amides is 2. The number of aromatic nitrogens is 1. The number of benzene rings is 1. The quantitative estimate of drug-likeness (QED) is 0.682. The maximum atomic E-state index is 11.7. The molecule has 1 aromatic carbocycles. The van der Waals surface area contributed by atoms with E-state index >= 15 is 0 Å². The maximum absolute atomic E-state index is 11.7. The van der Waals surface area contributed by atoms with Crippen molar-refractivity contribution in [2.45, 2.75) is 19.8 Å². The highest BCUT2D eigenvalue weighted by Crippen LogP contribution is 2.08. The zero-order valence-electron chi connectivity index (χ0n) is 13.6. The van der Waals surface area contributed by atoms with E-state index in [4.69, 9.17) is 9.26 Å². The van der Waals surface area contributed by atoms with Crippen LogP contribution in [0.3, 0.4) is 0 Å². The van der Waals surface area contributed by atoms with Crippen molar-refractivity contribution >= 4 is 11.8 Å². The molecule has 0 aliphatic heterocycles. The Morgan fingerprint density at radius 1 is 1.17 bits per heavy atom. The van der Waals surface area contributed by atoms with Crippen LogP contribution in [-0.4, -0.2) is 36.7 Å². The van der Waals surface area contributed by atoms with Gasteiger partial charge in [-0.05, 0) is 25.5 Å². The van der Waals surface area contributed by atoms with Crippen molar-refractivity contribution in [2.75, 3.05) is 19.7 Å². The second-order valence-electron chi connectivity index (χ2n) is 5.19. The molecule has 0 radical (unpaired) electrons. The summed E-state index contributed by atoms with van der Waals surface area (Å²) < 4.78 is 10.3. The number of carbonyl (C=O) groups excluding carboxylic acids is 2. The summed E-state index contributed by atoms with van der Waals surface area (Å²) >= 11 is 0. The molecule has 2 rings (SSSR count). The number of hydrogen-bond donors (Lipinski definition) is 2. The van der Waals surface area contributed by atoms with Gasteiger partial charge in [-0.2, -0.15) is 0 Å². The minimum Gasteiger partial charge on any atom is -0.494 e. The number of aryl methyl sites for hydroxylation is 1. The lowest BCUT2D eigenvalue weighted by atomic mass is 10.3. The molecule has 2 amide bonds. The number of nitrogens with one attached hydrogen (secondary N) is 2. The lowest BCUT2D eigenvalue weighted by Gasteiger charge is -2.07. The van der Waals surface area contributed by atoms with E-state index in [1.807, 2.05) is 30.3 Å². The Morgan fingerprint density at radius 3 is 2.62 bits per heavy atom. The fourth-order valence-electron chi connectivity index (χ4n) is 1.97. The Bertz CT molecular complexity index is 655. The van der Waals surface area contributed by atoms with Gasteiger partial charge in [0, 0.05) is 25.6 Å². The fourth-order valence-corrected chi connectivity index (χ4v) is 1.97. The van der Waals surface area contributed by atoms with Gasteiger partial charge in [0.25, 0.3) is 5.91 Å². The summed E-state index contributed by atoms with van der Waals surface area (Å²) in [5.41, 5.74) is 0.233. The van der Waals surface area contributed by atoms with Gasteiger partial charge >= 0.3 is 0 Å². The van der Waals surface area contributed by atoms with Crippen molar-refractivity contribution in [1.29, 1.82) is 0 Å². The molecule has 128 valence electrons. The van der Waals surface area contributed by atoms with E-state index in [0.717, 1.165) is 5.75 Å². The van der Waals surface area contributed by atoms with Gasteiger partial charge in [-0.15, -0.1) is 0 Å². The summed E-state index contributed by atoms with van der Waals surface area (Å²) in [6.07, 6.45) is 1.01. The first-order valence-corrected chi connectivity index (χ1v) is 7.81. The SMILES string of the molecule is Cc1cc(C(=O)NCCNC(=O)CCCOc2ccccc2)no1. The number of hydrogen-bond acceptors (Lipinski definition) is 5. The third kappa shape index (κ3) is 6.12. The molecule has 0 unspecified atom stereocenters. The first-order chi connectivity index (χ1) is 11.6. The Morgan fingerprint density at radius 2 is 1.92 bits per heavy atom. The van der Waals surface area contributed by atoms with Crippen LogP contribution in [0.4, 0.5) is 0 Å². The molecule has 1 heterocycles. The van der Waals surface area contributed by atoms with Crippen molar-refractivity contribution in [3.05, 3.63) is 47.9 Å². The highest BCUT2D eigenvalue weighted by atomic mass is 16.5. The summed E-state index contributed by atoms with van der Waals surface area (Å²) in [7, 11) is 0. The van der Waals surface area contributed by atoms with Crippen LogP contribution in [0, 0.1) is 6.92 Å². The zero-order valence-corrected chi connectivity index (χ0v) is 13.6. The monoisotopic (exact) mass is 331 g/mol. The Kier molecular flexibility index (Phi) is 6.82. The molecule has 0 aliphatic carbocycles. The van der Waals surface area contributed by atoms with E-state index in [-0.39, 0.29) is 17.5 Å². The first-order valence-electron chi connectivity index (χ1n) is 7.81. The number of ether oxygens (including phenoxy) is 1. The largest absolute Gasteiger partial charge is 0.494 e. The fraction of sp³-hybridized carbons (Fsp3) is 0.353. The predicted molar refractivity (Wildman–Crippen MR) is 87.8 cm³/mol. The lowest BCUT2D eigenvalue weighted by molar-refractivity contribution is -0.121. The normalized spacial score (nSPS) is 10.2. The second-order valence-corrected chi connectivity index (χ2v) is 5.19. The van der Waals surface area contributed by atoms with Crippen LogP contribution in [0.1, 0.15) is 29.1 Å². The molecule has 0 spiro atoms. The summed E-state index contributed by atoms with van der Waals surface area (Å²) in [6.45, 7) is 2.89. The van der Waals surface area contributed by atoms with E-state index < -0.39 is 0 Å². The summed E-state index contributed by atoms with van der Waals surface area (Å²) in [5, 5.41) is 9.01. The first kappa shape index (κ1) is 17.5. The van der Waals surface area contributed by atoms with Gasteiger partial charge in [0.15, 0.2) is 5.69 Å². The minimum atomic E-state index is -0.322. The summed E-state index contributed by atoms with van der Waals surface area (Å²) in [6, 6.07) is 11.0. The Balaban J connectivity index is 1.51. The highest BCUT2D eigenvalue weighted by molar-refractivity contribution is 5.92. The number of carbonyl (C=O) groups is 2. The average Bonchev–Trinajstić information content (AvgIpc) is 3.03. The molecule has 2 N–H and O–H groups in total. The molecule has 0 aliphatic rings. The molecule has 7 heteroatoms. The van der Waals surface area contributed by atoms with Gasteiger partial charge in [-0.3, -0.25) is 9.59 Å². The smallest absolute Gasteiger partial charge is 0.273 e. The van der Waals surface area contributed by atoms with E-state index in [9.17, 15) is 9.59 Å². The van der Waals surface area contributed by atoms with Crippen LogP contribution >= 0.6 is 0 Å². The third-order valence-corrected chi connectivity index (χ3v) is 3.15. The standard InChI is InChI=1S/C17H21N3O4/c1-13-12-15(20-24-13)17(22)19-10-9-18-16(21)8-5-11-23-14-6-3-2-4-7-14/h2-4,6-7,12H,5,8-11H2,1H3,(H,18,21)(H,19,22). The summed E-state index contributed by atoms with van der Waals surface area (Å²) in [5.74, 6) is 0.977. The Hall–Kier alpha value is -2.83. The summed E-state index contributed by atoms with van der Waals surface area (Å²) in [4.78, 5) is 23.4. The molecule has 0 fully saturated rings. The van der Waals surface area contributed by atoms with E-state index in [1.165, 1.54) is 0 Å². The molecule has 0 atom stereocenters. The molecular weight excluding hydrogens is 310 g/mol. The maximum Gasteiger partial charge on any atom is 0.273 e. The van der Waals surface area contributed by atoms with Gasteiger partial charge in [0.05, 0.1) is 6.61 Å². The van der Waals surface area contributed by atoms with Crippen molar-refractivity contribution < 1.29 is 18.8 Å². The van der Waals surface area contributed by atoms with Crippen LogP contribution in [-0.2, 0) is 4.79 Å². The van der Waals surface area contributed by atoms with Crippen LogP contribution in [0.5, 0.6) is 5.75 Å². The molecule has 0 bridgehead atoms. The van der Waals surface area contributed by atoms with Gasteiger partial charge in [-0.25, -0.2) is 0 Å². The Labute approximate surface area is 140 Å². The molecule has 24 heavy (non-hydrogen) atoms. The molecule has 0 saturated carbocycles. The van der Waals surface area contributed by atoms with E-state index in [2.05, 4.69) is 15.8 Å². The lowest BCUT2D eigenvalue weighted by Crippen LogP contribution is -2.34. The average molecular weight is 331 g/mol.